The third-order valence-corrected chi connectivity index (χ3v) is 8.61. The van der Waals surface area contributed by atoms with Gasteiger partial charge in [-0.05, 0) is 69.3 Å². The van der Waals surface area contributed by atoms with Crippen molar-refractivity contribution in [3.05, 3.63) is 146 Å². The van der Waals surface area contributed by atoms with Crippen molar-refractivity contribution in [2.75, 3.05) is 0 Å². The van der Waals surface area contributed by atoms with E-state index in [9.17, 15) is 0 Å². The van der Waals surface area contributed by atoms with Gasteiger partial charge in [-0.15, -0.1) is 0 Å². The smallest absolute Gasteiger partial charge is 0.0786 e. The Hall–Kier alpha value is -5.47. The van der Waals surface area contributed by atoms with Gasteiger partial charge in [0.2, 0.25) is 0 Å². The van der Waals surface area contributed by atoms with Crippen molar-refractivity contribution < 1.29 is 0 Å². The van der Waals surface area contributed by atoms with Gasteiger partial charge in [0.25, 0.3) is 0 Å². The largest absolute Gasteiger partial charge is 0.309 e. The Morgan fingerprint density at radius 3 is 1.71 bits per heavy atom. The second kappa shape index (κ2) is 8.51. The molecule has 0 atom stereocenters. The van der Waals surface area contributed by atoms with Crippen LogP contribution in [0.4, 0.5) is 0 Å². The minimum absolute atomic E-state index is 1.04. The second-order valence-electron chi connectivity index (χ2n) is 10.8. The number of hydrogen-bond donors (Lipinski definition) is 0. The topological polar surface area (TPSA) is 17.8 Å². The lowest BCUT2D eigenvalue weighted by Gasteiger charge is -2.24. The number of para-hydroxylation sites is 2. The number of aromatic nitrogens is 2. The van der Waals surface area contributed by atoms with E-state index in [1.807, 2.05) is 12.3 Å². The molecule has 0 N–H and O–H groups in total. The third-order valence-electron chi connectivity index (χ3n) is 8.61. The van der Waals surface area contributed by atoms with Gasteiger partial charge in [0.1, 0.15) is 0 Å². The summed E-state index contributed by atoms with van der Waals surface area (Å²) in [5.41, 5.74) is 14.4. The number of nitrogens with zero attached hydrogens (tertiary/aromatic N) is 2. The average Bonchev–Trinajstić information content (AvgIpc) is 3.38. The number of pyridine rings is 1. The van der Waals surface area contributed by atoms with E-state index in [0.717, 1.165) is 16.6 Å². The van der Waals surface area contributed by atoms with Gasteiger partial charge in [-0.3, -0.25) is 4.98 Å². The quantitative estimate of drug-likeness (QED) is 0.210. The molecule has 0 amide bonds. The summed E-state index contributed by atoms with van der Waals surface area (Å²) in [5, 5.41) is 3.70. The van der Waals surface area contributed by atoms with E-state index in [1.54, 1.807) is 0 Å². The van der Waals surface area contributed by atoms with Gasteiger partial charge in [0.15, 0.2) is 0 Å². The molecule has 0 spiro atoms. The number of fused-ring (bicyclic) bond motifs is 13. The first-order valence-electron chi connectivity index (χ1n) is 14.1. The molecule has 0 fully saturated rings. The second-order valence-corrected chi connectivity index (χ2v) is 10.8. The van der Waals surface area contributed by atoms with Gasteiger partial charge in [-0.2, -0.15) is 0 Å². The maximum absolute atomic E-state index is 4.90. The molecule has 1 aliphatic carbocycles. The van der Waals surface area contributed by atoms with Gasteiger partial charge in [0, 0.05) is 33.6 Å². The number of benzene rings is 6. The summed E-state index contributed by atoms with van der Waals surface area (Å²) in [4.78, 5) is 4.90. The Kier molecular flexibility index (Phi) is 4.64. The molecule has 0 saturated carbocycles. The van der Waals surface area contributed by atoms with Gasteiger partial charge in [0.05, 0.1) is 16.6 Å². The van der Waals surface area contributed by atoms with Crippen molar-refractivity contribution in [3.63, 3.8) is 0 Å². The number of rotatable bonds is 1. The van der Waals surface area contributed by atoms with Crippen molar-refractivity contribution in [2.24, 2.45) is 0 Å². The first-order valence-corrected chi connectivity index (χ1v) is 14.1. The van der Waals surface area contributed by atoms with Gasteiger partial charge < -0.3 is 4.57 Å². The lowest BCUT2D eigenvalue weighted by atomic mass is 9.80. The zero-order valence-corrected chi connectivity index (χ0v) is 22.3. The van der Waals surface area contributed by atoms with Crippen LogP contribution in [0.2, 0.25) is 0 Å². The van der Waals surface area contributed by atoms with Crippen molar-refractivity contribution in [3.8, 4) is 50.2 Å². The van der Waals surface area contributed by atoms with E-state index >= 15 is 0 Å². The van der Waals surface area contributed by atoms with Gasteiger partial charge in [-0.1, -0.05) is 109 Å². The molecule has 2 nitrogen and oxygen atoms in total. The summed E-state index contributed by atoms with van der Waals surface area (Å²) in [6.45, 7) is 0. The van der Waals surface area contributed by atoms with Gasteiger partial charge >= 0.3 is 0 Å². The molecule has 0 bridgehead atoms. The first kappa shape index (κ1) is 22.4. The summed E-state index contributed by atoms with van der Waals surface area (Å²) in [6, 6.07) is 50.7. The van der Waals surface area contributed by atoms with Crippen molar-refractivity contribution in [1.29, 1.82) is 0 Å². The average molecular weight is 521 g/mol. The highest BCUT2D eigenvalue weighted by Gasteiger charge is 2.24. The summed E-state index contributed by atoms with van der Waals surface area (Å²) >= 11 is 0. The molecular weight excluding hydrogens is 496 g/mol. The monoisotopic (exact) mass is 520 g/mol. The van der Waals surface area contributed by atoms with Crippen LogP contribution in [-0.4, -0.2) is 9.55 Å². The first-order chi connectivity index (χ1) is 20.4. The Labute approximate surface area is 237 Å². The molecule has 41 heavy (non-hydrogen) atoms. The molecule has 8 aromatic rings. The Morgan fingerprint density at radius 1 is 0.415 bits per heavy atom. The summed E-state index contributed by atoms with van der Waals surface area (Å²) < 4.78 is 2.41. The summed E-state index contributed by atoms with van der Waals surface area (Å²) in [6.07, 6.45) is 1.90. The number of hydrogen-bond acceptors (Lipinski definition) is 1. The highest BCUT2D eigenvalue weighted by atomic mass is 15.0. The third kappa shape index (κ3) is 3.16. The molecule has 190 valence electrons. The Bertz CT molecular complexity index is 2260. The minimum Gasteiger partial charge on any atom is -0.309 e. The van der Waals surface area contributed by atoms with Crippen molar-refractivity contribution in [1.82, 2.24) is 9.55 Å². The zero-order chi connectivity index (χ0) is 26.9. The molecule has 2 heterocycles. The fraction of sp³-hybridized carbons (Fsp3) is 0. The molecule has 1 aliphatic rings. The molecular formula is C39H24N2. The lowest BCUT2D eigenvalue weighted by molar-refractivity contribution is 1.18. The van der Waals surface area contributed by atoms with Crippen molar-refractivity contribution in [2.45, 2.75) is 0 Å². The molecule has 9 rings (SSSR count). The van der Waals surface area contributed by atoms with Crippen LogP contribution < -0.4 is 0 Å². The minimum atomic E-state index is 1.04. The van der Waals surface area contributed by atoms with Crippen LogP contribution in [0.3, 0.4) is 0 Å². The van der Waals surface area contributed by atoms with Crippen molar-refractivity contribution >= 4 is 32.7 Å². The van der Waals surface area contributed by atoms with Crippen LogP contribution in [-0.2, 0) is 0 Å². The van der Waals surface area contributed by atoms with E-state index < -0.39 is 0 Å². The van der Waals surface area contributed by atoms with E-state index in [-0.39, 0.29) is 0 Å². The summed E-state index contributed by atoms with van der Waals surface area (Å²) in [7, 11) is 0. The Morgan fingerprint density at radius 2 is 0.976 bits per heavy atom. The van der Waals surface area contributed by atoms with Crippen LogP contribution >= 0.6 is 0 Å². The van der Waals surface area contributed by atoms with E-state index in [2.05, 4.69) is 138 Å². The summed E-state index contributed by atoms with van der Waals surface area (Å²) in [5.74, 6) is 0. The highest BCUT2D eigenvalue weighted by molar-refractivity contribution is 6.12. The standard InChI is InChI=1S/C39H24N2/c1-2-13-29-27(11-1)34-21-19-25-10-9-23-40-39(25)38(34)33-16-4-3-12-28(33)30-22-20-26(24-35(29)30)41-36-17-7-5-14-31(36)32-15-6-8-18-37(32)41/h1-24H. The fourth-order valence-corrected chi connectivity index (χ4v) is 6.86. The zero-order valence-electron chi connectivity index (χ0n) is 22.3. The molecule has 0 radical (unpaired) electrons. The van der Waals surface area contributed by atoms with Crippen LogP contribution in [0, 0.1) is 0 Å². The van der Waals surface area contributed by atoms with E-state index in [1.165, 1.54) is 66.3 Å². The molecule has 0 aliphatic heterocycles. The van der Waals surface area contributed by atoms with E-state index in [0.29, 0.717) is 0 Å². The predicted octanol–water partition coefficient (Wildman–Crippen LogP) is 10.3. The molecule has 2 aromatic heterocycles. The van der Waals surface area contributed by atoms with Crippen LogP contribution in [0.1, 0.15) is 0 Å². The SMILES string of the molecule is c1ccc2c(c1)-c1cc(-n3c4ccccc4c4ccccc43)ccc1-c1ccccc1-c1c-2ccc2cccnc12. The van der Waals surface area contributed by atoms with Crippen LogP contribution in [0.15, 0.2) is 146 Å². The maximum atomic E-state index is 4.90. The lowest BCUT2D eigenvalue weighted by Crippen LogP contribution is -2.00. The van der Waals surface area contributed by atoms with E-state index in [4.69, 9.17) is 4.98 Å². The fourth-order valence-electron chi connectivity index (χ4n) is 6.86. The Balaban J connectivity index is 1.41. The molecule has 6 aromatic carbocycles. The van der Waals surface area contributed by atoms with Crippen LogP contribution in [0.5, 0.6) is 0 Å². The molecule has 2 heteroatoms. The van der Waals surface area contributed by atoms with Crippen LogP contribution in [0.25, 0.3) is 82.9 Å². The normalized spacial score (nSPS) is 11.9. The molecule has 0 unspecified atom stereocenters. The van der Waals surface area contributed by atoms with Gasteiger partial charge in [-0.25, -0.2) is 0 Å². The molecule has 0 saturated heterocycles. The predicted molar refractivity (Wildman–Crippen MR) is 171 cm³/mol. The maximum Gasteiger partial charge on any atom is 0.0786 e. The highest BCUT2D eigenvalue weighted by Crippen LogP contribution is 2.50.